The number of nitrogens with zero attached hydrogens (tertiary/aromatic N) is 1. The van der Waals surface area contributed by atoms with E-state index in [0.717, 1.165) is 32.1 Å². The zero-order valence-corrected chi connectivity index (χ0v) is 16.9. The largest absolute Gasteiger partial charge is 0.508 e. The first kappa shape index (κ1) is 20.0. The first-order valence-electron chi connectivity index (χ1n) is 10.3. The molecule has 1 unspecified atom stereocenters. The van der Waals surface area contributed by atoms with Crippen molar-refractivity contribution in [2.24, 2.45) is 0 Å². The topological polar surface area (TPSA) is 87.1 Å². The molecule has 2 aromatic rings. The van der Waals surface area contributed by atoms with Gasteiger partial charge in [0.25, 0.3) is 11.7 Å². The predicted molar refractivity (Wildman–Crippen MR) is 112 cm³/mol. The number of Topliss-reactive ketones (excluding diaryl/α,β-unsaturated/α-hetero) is 1. The Bertz CT molecular complexity index is 989. The van der Waals surface area contributed by atoms with Crippen LogP contribution in [0.15, 0.2) is 54.1 Å². The van der Waals surface area contributed by atoms with Crippen LogP contribution in [-0.2, 0) is 9.59 Å². The molecule has 6 heteroatoms. The van der Waals surface area contributed by atoms with Crippen molar-refractivity contribution < 1.29 is 24.5 Å². The maximum atomic E-state index is 13.1. The Balaban J connectivity index is 1.89. The van der Waals surface area contributed by atoms with Gasteiger partial charge in [-0.15, -0.1) is 0 Å². The van der Waals surface area contributed by atoms with Crippen molar-refractivity contribution in [3.8, 4) is 11.5 Å². The SMILES string of the molecule is COc1ccccc1/C(O)=C1/C(=O)C(=O)N(C2CCCCC2)C1c1ccc(O)cc1. The van der Waals surface area contributed by atoms with Gasteiger partial charge < -0.3 is 19.8 Å². The predicted octanol–water partition coefficient (Wildman–Crippen LogP) is 4.16. The molecule has 0 aromatic heterocycles. The zero-order chi connectivity index (χ0) is 21.3. The fourth-order valence-electron chi connectivity index (χ4n) is 4.56. The van der Waals surface area contributed by atoms with Crippen LogP contribution in [0.2, 0.25) is 0 Å². The number of rotatable bonds is 4. The lowest BCUT2D eigenvalue weighted by Crippen LogP contribution is -2.40. The fourth-order valence-corrected chi connectivity index (χ4v) is 4.56. The van der Waals surface area contributed by atoms with Crippen molar-refractivity contribution in [1.29, 1.82) is 0 Å². The number of likely N-dealkylation sites (tertiary alicyclic amines) is 1. The van der Waals surface area contributed by atoms with Crippen LogP contribution in [-0.4, -0.2) is 40.0 Å². The number of hydrogen-bond acceptors (Lipinski definition) is 5. The van der Waals surface area contributed by atoms with E-state index in [9.17, 15) is 19.8 Å². The minimum Gasteiger partial charge on any atom is -0.508 e. The maximum absolute atomic E-state index is 13.1. The number of amides is 1. The lowest BCUT2D eigenvalue weighted by Gasteiger charge is -2.35. The van der Waals surface area contributed by atoms with Gasteiger partial charge in [-0.2, -0.15) is 0 Å². The van der Waals surface area contributed by atoms with Gasteiger partial charge in [0.2, 0.25) is 0 Å². The van der Waals surface area contributed by atoms with E-state index in [1.165, 1.54) is 19.2 Å². The van der Waals surface area contributed by atoms with Crippen LogP contribution in [0.1, 0.15) is 49.3 Å². The number of aromatic hydroxyl groups is 1. The lowest BCUT2D eigenvalue weighted by molar-refractivity contribution is -0.141. The van der Waals surface area contributed by atoms with Crippen molar-refractivity contribution in [2.75, 3.05) is 7.11 Å². The second-order valence-corrected chi connectivity index (χ2v) is 7.79. The van der Waals surface area contributed by atoms with Gasteiger partial charge in [-0.25, -0.2) is 0 Å². The molecule has 2 N–H and O–H groups in total. The van der Waals surface area contributed by atoms with E-state index in [1.807, 2.05) is 0 Å². The third kappa shape index (κ3) is 3.43. The summed E-state index contributed by atoms with van der Waals surface area (Å²) >= 11 is 0. The Kier molecular flexibility index (Phi) is 5.48. The standard InChI is InChI=1S/C24H25NO5/c1-30-19-10-6-5-9-18(19)22(27)20-21(15-11-13-17(26)14-12-15)25(24(29)23(20)28)16-7-3-2-4-8-16/h5-6,9-14,16,21,26-27H,2-4,7-8H2,1H3/b22-20-. The number of ether oxygens (including phenoxy) is 1. The summed E-state index contributed by atoms with van der Waals surface area (Å²) in [4.78, 5) is 27.9. The monoisotopic (exact) mass is 407 g/mol. The Labute approximate surface area is 175 Å². The van der Waals surface area contributed by atoms with Crippen molar-refractivity contribution in [1.82, 2.24) is 4.90 Å². The van der Waals surface area contributed by atoms with Gasteiger partial charge in [0.15, 0.2) is 0 Å². The summed E-state index contributed by atoms with van der Waals surface area (Å²) in [5, 5.41) is 20.9. The average Bonchev–Trinajstić information content (AvgIpc) is 3.05. The molecule has 1 aliphatic heterocycles. The van der Waals surface area contributed by atoms with Crippen LogP contribution in [0.25, 0.3) is 5.76 Å². The number of carbonyl (C=O) groups is 2. The van der Waals surface area contributed by atoms with E-state index in [1.54, 1.807) is 41.3 Å². The highest BCUT2D eigenvalue weighted by molar-refractivity contribution is 6.46. The smallest absolute Gasteiger partial charge is 0.295 e. The quantitative estimate of drug-likeness (QED) is 0.452. The molecular weight excluding hydrogens is 382 g/mol. The van der Waals surface area contributed by atoms with Crippen LogP contribution in [0.3, 0.4) is 0 Å². The Hall–Kier alpha value is -3.28. The molecule has 1 atom stereocenters. The molecule has 30 heavy (non-hydrogen) atoms. The number of ketones is 1. The molecule has 1 saturated carbocycles. The second kappa shape index (κ2) is 8.22. The highest BCUT2D eigenvalue weighted by atomic mass is 16.5. The van der Waals surface area contributed by atoms with Gasteiger partial charge in [0.1, 0.15) is 17.3 Å². The summed E-state index contributed by atoms with van der Waals surface area (Å²) in [5.41, 5.74) is 1.10. The molecule has 0 spiro atoms. The summed E-state index contributed by atoms with van der Waals surface area (Å²) in [6, 6.07) is 12.5. The highest BCUT2D eigenvalue weighted by Crippen LogP contribution is 2.44. The average molecular weight is 407 g/mol. The summed E-state index contributed by atoms with van der Waals surface area (Å²) in [6.45, 7) is 0. The van der Waals surface area contributed by atoms with E-state index in [-0.39, 0.29) is 23.1 Å². The Morgan fingerprint density at radius 1 is 1.00 bits per heavy atom. The van der Waals surface area contributed by atoms with Gasteiger partial charge in [-0.1, -0.05) is 43.5 Å². The van der Waals surface area contributed by atoms with Gasteiger partial charge in [0, 0.05) is 6.04 Å². The molecule has 4 rings (SSSR count). The first-order chi connectivity index (χ1) is 14.5. The van der Waals surface area contributed by atoms with Gasteiger partial charge in [0.05, 0.1) is 24.3 Å². The molecule has 1 amide bonds. The van der Waals surface area contributed by atoms with E-state index in [0.29, 0.717) is 16.9 Å². The normalized spacial score (nSPS) is 21.8. The fraction of sp³-hybridized carbons (Fsp3) is 0.333. The molecule has 0 bridgehead atoms. The Morgan fingerprint density at radius 3 is 2.33 bits per heavy atom. The molecule has 156 valence electrons. The molecular formula is C24H25NO5. The minimum absolute atomic E-state index is 0.0563. The zero-order valence-electron chi connectivity index (χ0n) is 16.9. The van der Waals surface area contributed by atoms with Crippen LogP contribution in [0.5, 0.6) is 11.5 Å². The molecule has 2 aromatic carbocycles. The molecule has 1 heterocycles. The molecule has 6 nitrogen and oxygen atoms in total. The second-order valence-electron chi connectivity index (χ2n) is 7.79. The molecule has 2 fully saturated rings. The van der Waals surface area contributed by atoms with Crippen molar-refractivity contribution >= 4 is 17.4 Å². The number of aliphatic hydroxyl groups is 1. The van der Waals surface area contributed by atoms with E-state index < -0.39 is 17.7 Å². The maximum Gasteiger partial charge on any atom is 0.295 e. The van der Waals surface area contributed by atoms with Gasteiger partial charge in [-0.3, -0.25) is 9.59 Å². The van der Waals surface area contributed by atoms with Crippen LogP contribution >= 0.6 is 0 Å². The number of para-hydroxylation sites is 1. The van der Waals surface area contributed by atoms with Crippen molar-refractivity contribution in [2.45, 2.75) is 44.2 Å². The third-order valence-electron chi connectivity index (χ3n) is 6.02. The van der Waals surface area contributed by atoms with E-state index in [2.05, 4.69) is 0 Å². The van der Waals surface area contributed by atoms with E-state index >= 15 is 0 Å². The van der Waals surface area contributed by atoms with Crippen molar-refractivity contribution in [3.05, 3.63) is 65.2 Å². The van der Waals surface area contributed by atoms with Crippen LogP contribution in [0, 0.1) is 0 Å². The summed E-state index contributed by atoms with van der Waals surface area (Å²) in [7, 11) is 1.49. The van der Waals surface area contributed by atoms with Gasteiger partial charge >= 0.3 is 0 Å². The summed E-state index contributed by atoms with van der Waals surface area (Å²) < 4.78 is 5.35. The number of phenols is 1. The summed E-state index contributed by atoms with van der Waals surface area (Å²) in [6.07, 6.45) is 4.78. The first-order valence-corrected chi connectivity index (χ1v) is 10.3. The molecule has 2 aliphatic rings. The van der Waals surface area contributed by atoms with Crippen LogP contribution < -0.4 is 4.74 Å². The van der Waals surface area contributed by atoms with Gasteiger partial charge in [-0.05, 0) is 42.7 Å². The van der Waals surface area contributed by atoms with E-state index in [4.69, 9.17) is 4.74 Å². The van der Waals surface area contributed by atoms with Crippen LogP contribution in [0.4, 0.5) is 0 Å². The minimum atomic E-state index is -0.710. The summed E-state index contributed by atoms with van der Waals surface area (Å²) in [5.74, 6) is -1.01. The highest BCUT2D eigenvalue weighted by Gasteiger charge is 2.49. The molecule has 1 saturated heterocycles. The Morgan fingerprint density at radius 2 is 1.67 bits per heavy atom. The number of methoxy groups -OCH3 is 1. The third-order valence-corrected chi connectivity index (χ3v) is 6.02. The number of hydrogen-bond donors (Lipinski definition) is 2. The number of phenolic OH excluding ortho intramolecular Hbond substituents is 1. The number of carbonyl (C=O) groups excluding carboxylic acids is 2. The number of benzene rings is 2. The lowest BCUT2D eigenvalue weighted by atomic mass is 9.91. The molecule has 0 radical (unpaired) electrons. The molecule has 1 aliphatic carbocycles. The van der Waals surface area contributed by atoms with Crippen molar-refractivity contribution in [3.63, 3.8) is 0 Å². The number of aliphatic hydroxyl groups excluding tert-OH is 1.